The minimum atomic E-state index is -3.97. The van der Waals surface area contributed by atoms with Crippen molar-refractivity contribution in [3.05, 3.63) is 72.8 Å². The van der Waals surface area contributed by atoms with Crippen molar-refractivity contribution < 1.29 is 17.9 Å². The van der Waals surface area contributed by atoms with Crippen molar-refractivity contribution in [3.63, 3.8) is 0 Å². The van der Waals surface area contributed by atoms with Crippen LogP contribution >= 0.6 is 0 Å². The van der Waals surface area contributed by atoms with E-state index in [1.54, 1.807) is 48.5 Å². The highest BCUT2D eigenvalue weighted by atomic mass is 32.2. The van der Waals surface area contributed by atoms with E-state index in [-0.39, 0.29) is 4.90 Å². The van der Waals surface area contributed by atoms with Crippen molar-refractivity contribution in [1.29, 1.82) is 0 Å². The first-order chi connectivity index (χ1) is 16.0. The number of para-hydroxylation sites is 3. The van der Waals surface area contributed by atoms with E-state index in [0.717, 1.165) is 25.9 Å². The van der Waals surface area contributed by atoms with Gasteiger partial charge in [0.15, 0.2) is 0 Å². The van der Waals surface area contributed by atoms with Gasteiger partial charge in [-0.25, -0.2) is 13.2 Å². The fraction of sp³-hybridized carbons (Fsp3) is 0.208. The zero-order chi connectivity index (χ0) is 23.3. The molecule has 33 heavy (non-hydrogen) atoms. The maximum atomic E-state index is 13.5. The lowest BCUT2D eigenvalue weighted by atomic mass is 10.2. The second kappa shape index (κ2) is 9.83. The first-order valence-corrected chi connectivity index (χ1v) is 12.1. The summed E-state index contributed by atoms with van der Waals surface area (Å²) in [6.07, 6.45) is 2.00. The maximum Gasteiger partial charge on any atom is 0.323 e. The van der Waals surface area contributed by atoms with Crippen LogP contribution < -0.4 is 25.0 Å². The molecule has 1 aliphatic heterocycles. The number of benzene rings is 3. The zero-order valence-corrected chi connectivity index (χ0v) is 19.1. The lowest BCUT2D eigenvalue weighted by Gasteiger charge is -2.23. The van der Waals surface area contributed by atoms with Gasteiger partial charge in [-0.05, 0) is 55.3 Å². The SMILES string of the molecule is COc1ccccc1NS(=O)(=O)c1cc(NC(=O)Nc2ccccc2)ccc1N1CCCC1. The maximum absolute atomic E-state index is 13.5. The topological polar surface area (TPSA) is 99.8 Å². The molecule has 0 unspecified atom stereocenters. The zero-order valence-electron chi connectivity index (χ0n) is 18.2. The Morgan fingerprint density at radius 3 is 2.27 bits per heavy atom. The van der Waals surface area contributed by atoms with E-state index in [2.05, 4.69) is 15.4 Å². The molecule has 2 amide bonds. The van der Waals surface area contributed by atoms with Crippen LogP contribution in [-0.4, -0.2) is 34.6 Å². The van der Waals surface area contributed by atoms with Gasteiger partial charge in [0.05, 0.1) is 18.5 Å². The molecule has 3 aromatic carbocycles. The summed E-state index contributed by atoms with van der Waals surface area (Å²) in [7, 11) is -2.49. The molecule has 1 aliphatic rings. The minimum Gasteiger partial charge on any atom is -0.495 e. The molecule has 1 saturated heterocycles. The highest BCUT2D eigenvalue weighted by molar-refractivity contribution is 7.93. The molecule has 0 atom stereocenters. The van der Waals surface area contributed by atoms with Crippen LogP contribution in [0, 0.1) is 0 Å². The Bertz CT molecular complexity index is 1230. The molecule has 4 rings (SSSR count). The molecule has 0 radical (unpaired) electrons. The summed E-state index contributed by atoms with van der Waals surface area (Å²) in [4.78, 5) is 14.6. The van der Waals surface area contributed by atoms with Gasteiger partial charge >= 0.3 is 6.03 Å². The number of nitrogens with one attached hydrogen (secondary N) is 3. The lowest BCUT2D eigenvalue weighted by Crippen LogP contribution is -2.24. The van der Waals surface area contributed by atoms with Gasteiger partial charge in [0.1, 0.15) is 10.6 Å². The molecule has 1 heterocycles. The van der Waals surface area contributed by atoms with Crippen LogP contribution in [0.5, 0.6) is 5.75 Å². The molecular weight excluding hydrogens is 440 g/mol. The molecule has 0 saturated carbocycles. The second-order valence-electron chi connectivity index (χ2n) is 7.63. The van der Waals surface area contributed by atoms with E-state index in [1.807, 2.05) is 23.1 Å². The van der Waals surface area contributed by atoms with Gasteiger partial charge in [0, 0.05) is 24.5 Å². The van der Waals surface area contributed by atoms with Crippen LogP contribution in [0.4, 0.5) is 27.5 Å². The minimum absolute atomic E-state index is 0.0906. The molecule has 8 nitrogen and oxygen atoms in total. The van der Waals surface area contributed by atoms with E-state index in [4.69, 9.17) is 4.74 Å². The monoisotopic (exact) mass is 466 g/mol. The third kappa shape index (κ3) is 5.38. The van der Waals surface area contributed by atoms with Gasteiger partial charge < -0.3 is 20.3 Å². The predicted octanol–water partition coefficient (Wildman–Crippen LogP) is 4.74. The predicted molar refractivity (Wildman–Crippen MR) is 131 cm³/mol. The number of sulfonamides is 1. The lowest BCUT2D eigenvalue weighted by molar-refractivity contribution is 0.262. The number of hydrogen-bond acceptors (Lipinski definition) is 5. The summed E-state index contributed by atoms with van der Waals surface area (Å²) in [6.45, 7) is 1.55. The first-order valence-electron chi connectivity index (χ1n) is 10.6. The Labute approximate surface area is 193 Å². The number of hydrogen-bond donors (Lipinski definition) is 3. The van der Waals surface area contributed by atoms with Crippen LogP contribution in [0.2, 0.25) is 0 Å². The van der Waals surface area contributed by atoms with Crippen molar-refractivity contribution >= 4 is 38.8 Å². The third-order valence-electron chi connectivity index (χ3n) is 5.34. The number of amides is 2. The average molecular weight is 467 g/mol. The highest BCUT2D eigenvalue weighted by Crippen LogP contribution is 2.34. The summed E-state index contributed by atoms with van der Waals surface area (Å²) in [5, 5.41) is 5.45. The van der Waals surface area contributed by atoms with E-state index < -0.39 is 16.1 Å². The molecule has 0 bridgehead atoms. The standard InChI is InChI=1S/C24H26N4O4S/c1-32-22-12-6-5-11-20(22)27-33(30,31)23-17-19(13-14-21(23)28-15-7-8-16-28)26-24(29)25-18-9-3-2-4-10-18/h2-6,9-14,17,27H,7-8,15-16H2,1H3,(H2,25,26,29). The first kappa shape index (κ1) is 22.5. The fourth-order valence-electron chi connectivity index (χ4n) is 3.77. The summed E-state index contributed by atoms with van der Waals surface area (Å²) in [5.74, 6) is 0.417. The van der Waals surface area contributed by atoms with E-state index >= 15 is 0 Å². The number of nitrogens with zero attached hydrogens (tertiary/aromatic N) is 1. The number of carbonyl (C=O) groups excluding carboxylic acids is 1. The Kier molecular flexibility index (Phi) is 6.69. The smallest absolute Gasteiger partial charge is 0.323 e. The van der Waals surface area contributed by atoms with Gasteiger partial charge in [-0.15, -0.1) is 0 Å². The van der Waals surface area contributed by atoms with Gasteiger partial charge in [-0.3, -0.25) is 4.72 Å². The number of rotatable bonds is 7. The molecule has 9 heteroatoms. The molecule has 0 aliphatic carbocycles. The number of urea groups is 1. The van der Waals surface area contributed by atoms with Crippen molar-refractivity contribution in [2.75, 3.05) is 40.5 Å². The summed E-state index contributed by atoms with van der Waals surface area (Å²) < 4.78 is 34.8. The van der Waals surface area contributed by atoms with Gasteiger partial charge in [0.25, 0.3) is 10.0 Å². The number of anilines is 4. The molecule has 172 valence electrons. The molecular formula is C24H26N4O4S. The van der Waals surface area contributed by atoms with Crippen molar-refractivity contribution in [3.8, 4) is 5.75 Å². The number of methoxy groups -OCH3 is 1. The molecule has 3 N–H and O–H groups in total. The summed E-state index contributed by atoms with van der Waals surface area (Å²) >= 11 is 0. The van der Waals surface area contributed by atoms with Gasteiger partial charge in [-0.2, -0.15) is 0 Å². The van der Waals surface area contributed by atoms with Crippen molar-refractivity contribution in [2.24, 2.45) is 0 Å². The summed E-state index contributed by atoms with van der Waals surface area (Å²) in [5.41, 5.74) is 1.94. The van der Waals surface area contributed by atoms with Crippen molar-refractivity contribution in [1.82, 2.24) is 0 Å². The highest BCUT2D eigenvalue weighted by Gasteiger charge is 2.25. The largest absolute Gasteiger partial charge is 0.495 e. The number of ether oxygens (including phenoxy) is 1. The van der Waals surface area contributed by atoms with Crippen LogP contribution in [-0.2, 0) is 10.0 Å². The van der Waals surface area contributed by atoms with E-state index in [0.29, 0.717) is 28.5 Å². The third-order valence-corrected chi connectivity index (χ3v) is 6.73. The van der Waals surface area contributed by atoms with E-state index in [9.17, 15) is 13.2 Å². The van der Waals surface area contributed by atoms with Crippen LogP contribution in [0.25, 0.3) is 0 Å². The Balaban J connectivity index is 1.64. The van der Waals surface area contributed by atoms with Crippen LogP contribution in [0.3, 0.4) is 0 Å². The summed E-state index contributed by atoms with van der Waals surface area (Å²) in [6, 6.07) is 20.3. The fourth-order valence-corrected chi connectivity index (χ4v) is 5.09. The Morgan fingerprint density at radius 1 is 0.879 bits per heavy atom. The molecule has 1 fully saturated rings. The van der Waals surface area contributed by atoms with E-state index in [1.165, 1.54) is 13.2 Å². The molecule has 0 aromatic heterocycles. The quantitative estimate of drug-likeness (QED) is 0.467. The Hall–Kier alpha value is -3.72. The molecule has 0 spiro atoms. The number of carbonyl (C=O) groups is 1. The normalized spacial score (nSPS) is 13.4. The van der Waals surface area contributed by atoms with Gasteiger partial charge in [0.2, 0.25) is 0 Å². The van der Waals surface area contributed by atoms with Crippen molar-refractivity contribution in [2.45, 2.75) is 17.7 Å². The van der Waals surface area contributed by atoms with Crippen LogP contribution in [0.15, 0.2) is 77.7 Å². The van der Waals surface area contributed by atoms with Gasteiger partial charge in [-0.1, -0.05) is 30.3 Å². The average Bonchev–Trinajstić information content (AvgIpc) is 3.34. The molecule has 3 aromatic rings. The second-order valence-corrected chi connectivity index (χ2v) is 9.28. The van der Waals surface area contributed by atoms with Crippen LogP contribution in [0.1, 0.15) is 12.8 Å². The Morgan fingerprint density at radius 2 is 1.55 bits per heavy atom.